The Hall–Kier alpha value is -2.63. The number of aryl methyl sites for hydroxylation is 2. The highest BCUT2D eigenvalue weighted by Crippen LogP contribution is 2.27. The third-order valence-corrected chi connectivity index (χ3v) is 2.73. The first-order valence-electron chi connectivity index (χ1n) is 5.91. The van der Waals surface area contributed by atoms with Gasteiger partial charge < -0.3 is 15.7 Å². The molecule has 104 valence electrons. The summed E-state index contributed by atoms with van der Waals surface area (Å²) in [4.78, 5) is 4.21. The first-order chi connectivity index (χ1) is 9.51. The molecular weight excluding hydrogens is 261 g/mol. The maximum absolute atomic E-state index is 13.1. The molecule has 0 fully saturated rings. The average molecular weight is 275 g/mol. The summed E-state index contributed by atoms with van der Waals surface area (Å²) in [6.45, 7) is 3.51. The molecule has 5 nitrogen and oxygen atoms in total. The van der Waals surface area contributed by atoms with Crippen molar-refractivity contribution in [1.82, 2.24) is 4.98 Å². The van der Waals surface area contributed by atoms with Crippen LogP contribution in [0.1, 0.15) is 16.8 Å². The van der Waals surface area contributed by atoms with E-state index in [2.05, 4.69) is 10.1 Å². The van der Waals surface area contributed by atoms with Crippen LogP contribution < -0.4 is 10.5 Å². The smallest absolute Gasteiger partial charge is 0.230 e. The van der Waals surface area contributed by atoms with E-state index in [1.54, 1.807) is 26.0 Å². The van der Waals surface area contributed by atoms with Gasteiger partial charge in [0.15, 0.2) is 5.84 Å². The van der Waals surface area contributed by atoms with Crippen molar-refractivity contribution in [2.24, 2.45) is 10.9 Å². The lowest BCUT2D eigenvalue weighted by molar-refractivity contribution is 0.318. The normalized spacial score (nSPS) is 11.4. The van der Waals surface area contributed by atoms with Crippen LogP contribution in [0.4, 0.5) is 4.39 Å². The molecule has 0 spiro atoms. The van der Waals surface area contributed by atoms with Gasteiger partial charge >= 0.3 is 0 Å². The molecule has 0 aliphatic carbocycles. The molecular formula is C14H14FN3O2. The summed E-state index contributed by atoms with van der Waals surface area (Å²) in [5.74, 6) is 0.211. The molecule has 0 saturated carbocycles. The Labute approximate surface area is 115 Å². The van der Waals surface area contributed by atoms with E-state index in [-0.39, 0.29) is 17.5 Å². The molecule has 2 rings (SSSR count). The SMILES string of the molecule is Cc1ccc(/C(N)=N/O)c(Oc2ccc(F)cc2C)n1. The van der Waals surface area contributed by atoms with Gasteiger partial charge in [-0.15, -0.1) is 0 Å². The Bertz CT molecular complexity index is 671. The molecule has 0 amide bonds. The molecule has 0 aliphatic heterocycles. The molecule has 6 heteroatoms. The van der Waals surface area contributed by atoms with Gasteiger partial charge in [-0.2, -0.15) is 0 Å². The Kier molecular flexibility index (Phi) is 3.84. The quantitative estimate of drug-likeness (QED) is 0.390. The van der Waals surface area contributed by atoms with Gasteiger partial charge in [-0.05, 0) is 49.7 Å². The maximum Gasteiger partial charge on any atom is 0.230 e. The predicted octanol–water partition coefficient (Wildman–Crippen LogP) is 2.72. The van der Waals surface area contributed by atoms with Gasteiger partial charge in [-0.25, -0.2) is 9.37 Å². The first kappa shape index (κ1) is 13.8. The summed E-state index contributed by atoms with van der Waals surface area (Å²) < 4.78 is 18.7. The molecule has 3 N–H and O–H groups in total. The summed E-state index contributed by atoms with van der Waals surface area (Å²) >= 11 is 0. The van der Waals surface area contributed by atoms with E-state index in [1.165, 1.54) is 18.2 Å². The lowest BCUT2D eigenvalue weighted by atomic mass is 10.2. The summed E-state index contributed by atoms with van der Waals surface area (Å²) in [5.41, 5.74) is 7.28. The van der Waals surface area contributed by atoms with Crippen LogP contribution in [0, 0.1) is 19.7 Å². The van der Waals surface area contributed by atoms with Crippen molar-refractivity contribution in [3.05, 3.63) is 53.0 Å². The number of hydrogen-bond acceptors (Lipinski definition) is 4. The second kappa shape index (κ2) is 5.56. The summed E-state index contributed by atoms with van der Waals surface area (Å²) in [6.07, 6.45) is 0. The number of ether oxygens (including phenoxy) is 1. The number of benzene rings is 1. The van der Waals surface area contributed by atoms with Crippen molar-refractivity contribution >= 4 is 5.84 Å². The van der Waals surface area contributed by atoms with Crippen molar-refractivity contribution in [3.63, 3.8) is 0 Å². The minimum absolute atomic E-state index is 0.104. The van der Waals surface area contributed by atoms with Crippen LogP contribution in [0.15, 0.2) is 35.5 Å². The number of nitrogens with zero attached hydrogens (tertiary/aromatic N) is 2. The van der Waals surface area contributed by atoms with Crippen molar-refractivity contribution in [2.45, 2.75) is 13.8 Å². The van der Waals surface area contributed by atoms with E-state index in [9.17, 15) is 4.39 Å². The molecule has 20 heavy (non-hydrogen) atoms. The topological polar surface area (TPSA) is 80.7 Å². The molecule has 1 aromatic heterocycles. The van der Waals surface area contributed by atoms with E-state index < -0.39 is 0 Å². The third-order valence-electron chi connectivity index (χ3n) is 2.73. The van der Waals surface area contributed by atoms with Crippen LogP contribution in [-0.4, -0.2) is 16.0 Å². The number of nitrogens with two attached hydrogens (primary N) is 1. The van der Waals surface area contributed by atoms with E-state index >= 15 is 0 Å². The second-order valence-corrected chi connectivity index (χ2v) is 4.30. The van der Waals surface area contributed by atoms with Crippen LogP contribution in [0.2, 0.25) is 0 Å². The van der Waals surface area contributed by atoms with Gasteiger partial charge in [0.05, 0.1) is 5.56 Å². The van der Waals surface area contributed by atoms with Crippen molar-refractivity contribution in [2.75, 3.05) is 0 Å². The number of pyridine rings is 1. The summed E-state index contributed by atoms with van der Waals surface area (Å²) in [5, 5.41) is 11.7. The minimum Gasteiger partial charge on any atom is -0.438 e. The van der Waals surface area contributed by atoms with E-state index in [0.29, 0.717) is 22.6 Å². The predicted molar refractivity (Wildman–Crippen MR) is 72.7 cm³/mol. The Morgan fingerprint density at radius 2 is 2.05 bits per heavy atom. The van der Waals surface area contributed by atoms with Crippen LogP contribution in [0.5, 0.6) is 11.6 Å². The zero-order valence-electron chi connectivity index (χ0n) is 11.1. The third kappa shape index (κ3) is 2.85. The van der Waals surface area contributed by atoms with Crippen molar-refractivity contribution in [3.8, 4) is 11.6 Å². The monoisotopic (exact) mass is 275 g/mol. The molecule has 1 aromatic carbocycles. The van der Waals surface area contributed by atoms with Crippen LogP contribution in [-0.2, 0) is 0 Å². The molecule has 0 atom stereocenters. The highest BCUT2D eigenvalue weighted by molar-refractivity contribution is 5.99. The number of aromatic nitrogens is 1. The molecule has 2 aromatic rings. The largest absolute Gasteiger partial charge is 0.438 e. The second-order valence-electron chi connectivity index (χ2n) is 4.30. The first-order valence-corrected chi connectivity index (χ1v) is 5.91. The van der Waals surface area contributed by atoms with Gasteiger partial charge in [0.2, 0.25) is 5.88 Å². The van der Waals surface area contributed by atoms with Gasteiger partial charge in [0.25, 0.3) is 0 Å². The fourth-order valence-corrected chi connectivity index (χ4v) is 1.69. The zero-order chi connectivity index (χ0) is 14.7. The van der Waals surface area contributed by atoms with Gasteiger partial charge in [-0.1, -0.05) is 5.16 Å². The fraction of sp³-hybridized carbons (Fsp3) is 0.143. The van der Waals surface area contributed by atoms with E-state index in [0.717, 1.165) is 0 Å². The molecule has 0 radical (unpaired) electrons. The lowest BCUT2D eigenvalue weighted by Crippen LogP contribution is -2.15. The number of amidine groups is 1. The lowest BCUT2D eigenvalue weighted by Gasteiger charge is -2.11. The van der Waals surface area contributed by atoms with Crippen molar-refractivity contribution < 1.29 is 14.3 Å². The molecule has 0 aliphatic rings. The summed E-state index contributed by atoms with van der Waals surface area (Å²) in [7, 11) is 0. The Balaban J connectivity index is 2.44. The number of hydrogen-bond donors (Lipinski definition) is 2. The highest BCUT2D eigenvalue weighted by Gasteiger charge is 2.13. The highest BCUT2D eigenvalue weighted by atomic mass is 19.1. The molecule has 0 saturated heterocycles. The fourth-order valence-electron chi connectivity index (χ4n) is 1.69. The number of rotatable bonds is 3. The zero-order valence-corrected chi connectivity index (χ0v) is 11.1. The van der Waals surface area contributed by atoms with Gasteiger partial charge in [-0.3, -0.25) is 0 Å². The number of oxime groups is 1. The molecule has 0 bridgehead atoms. The van der Waals surface area contributed by atoms with Crippen molar-refractivity contribution in [1.29, 1.82) is 0 Å². The van der Waals surface area contributed by atoms with Crippen LogP contribution >= 0.6 is 0 Å². The number of halogens is 1. The standard InChI is InChI=1S/C14H14FN3O2/c1-8-7-10(15)4-6-12(8)20-14-11(13(16)18-19)5-3-9(2)17-14/h3-7,19H,1-2H3,(H2,16,18). The minimum atomic E-state index is -0.344. The van der Waals surface area contributed by atoms with Crippen LogP contribution in [0.3, 0.4) is 0 Å². The Morgan fingerprint density at radius 3 is 2.70 bits per heavy atom. The van der Waals surface area contributed by atoms with Crippen LogP contribution in [0.25, 0.3) is 0 Å². The van der Waals surface area contributed by atoms with Gasteiger partial charge in [0, 0.05) is 5.69 Å². The Morgan fingerprint density at radius 1 is 1.30 bits per heavy atom. The average Bonchev–Trinajstić information content (AvgIpc) is 2.41. The van der Waals surface area contributed by atoms with E-state index in [1.807, 2.05) is 0 Å². The molecule has 1 heterocycles. The summed E-state index contributed by atoms with van der Waals surface area (Å²) in [6, 6.07) is 7.52. The van der Waals surface area contributed by atoms with Gasteiger partial charge in [0.1, 0.15) is 11.6 Å². The molecule has 0 unspecified atom stereocenters. The maximum atomic E-state index is 13.1. The van der Waals surface area contributed by atoms with E-state index in [4.69, 9.17) is 15.7 Å².